The number of pyridine rings is 1. The Kier molecular flexibility index (Phi) is 7.31. The van der Waals surface area contributed by atoms with Crippen molar-refractivity contribution in [2.45, 2.75) is 33.4 Å². The van der Waals surface area contributed by atoms with Gasteiger partial charge in [0, 0.05) is 18.3 Å². The highest BCUT2D eigenvalue weighted by Crippen LogP contribution is 2.23. The number of hydrogen-bond donors (Lipinski definition) is 5. The van der Waals surface area contributed by atoms with Crippen LogP contribution < -0.4 is 16.0 Å². The minimum Gasteiger partial charge on any atom is -0.390 e. The number of amides is 2. The summed E-state index contributed by atoms with van der Waals surface area (Å²) in [5.41, 5.74) is 2.55. The lowest BCUT2D eigenvalue weighted by Crippen LogP contribution is -2.31. The molecule has 27 heavy (non-hydrogen) atoms. The Labute approximate surface area is 159 Å². The molecular formula is C20H27N5O2. The predicted octanol–water partition coefficient (Wildman–Crippen LogP) is 3.52. The molecule has 0 fully saturated rings. The summed E-state index contributed by atoms with van der Waals surface area (Å²) in [5, 5.41) is 26.0. The number of anilines is 2. The van der Waals surface area contributed by atoms with E-state index in [0.717, 1.165) is 5.56 Å². The summed E-state index contributed by atoms with van der Waals surface area (Å²) in [4.78, 5) is 16.6. The third-order valence-electron chi connectivity index (χ3n) is 4.01. The maximum atomic E-state index is 12.3. The lowest BCUT2D eigenvalue weighted by Gasteiger charge is -2.18. The van der Waals surface area contributed by atoms with E-state index in [4.69, 9.17) is 5.41 Å². The largest absolute Gasteiger partial charge is 0.390 e. The molecule has 7 nitrogen and oxygen atoms in total. The average molecular weight is 369 g/mol. The molecule has 0 unspecified atom stereocenters. The number of hydrogen-bond acceptors (Lipinski definition) is 5. The molecule has 0 radical (unpaired) electrons. The van der Waals surface area contributed by atoms with E-state index in [0.29, 0.717) is 29.4 Å². The third-order valence-corrected chi connectivity index (χ3v) is 4.01. The number of urea groups is 1. The first kappa shape index (κ1) is 20.4. The lowest BCUT2D eigenvalue weighted by atomic mass is 10.1. The van der Waals surface area contributed by atoms with Gasteiger partial charge in [0.1, 0.15) is 5.82 Å². The van der Waals surface area contributed by atoms with Crippen LogP contribution in [0.1, 0.15) is 43.6 Å². The number of aliphatic hydroxyl groups is 1. The molecule has 1 aromatic heterocycles. The second-order valence-electron chi connectivity index (χ2n) is 6.73. The van der Waals surface area contributed by atoms with Crippen LogP contribution in [-0.2, 0) is 6.61 Å². The Balaban J connectivity index is 2.13. The van der Waals surface area contributed by atoms with Crippen molar-refractivity contribution in [3.63, 3.8) is 0 Å². The van der Waals surface area contributed by atoms with Crippen molar-refractivity contribution >= 4 is 23.8 Å². The Morgan fingerprint density at radius 1 is 1.26 bits per heavy atom. The van der Waals surface area contributed by atoms with E-state index in [1.165, 1.54) is 6.21 Å². The Bertz CT molecular complexity index is 777. The van der Waals surface area contributed by atoms with Gasteiger partial charge in [-0.1, -0.05) is 44.2 Å². The van der Waals surface area contributed by atoms with Crippen LogP contribution >= 0.6 is 0 Å². The summed E-state index contributed by atoms with van der Waals surface area (Å²) in [7, 11) is 0. The minimum atomic E-state index is -0.401. The van der Waals surface area contributed by atoms with Gasteiger partial charge in [0.05, 0.1) is 24.0 Å². The van der Waals surface area contributed by atoms with Crippen molar-refractivity contribution in [3.8, 4) is 0 Å². The number of aromatic nitrogens is 1. The molecule has 0 spiro atoms. The molecule has 5 N–H and O–H groups in total. The van der Waals surface area contributed by atoms with Gasteiger partial charge < -0.3 is 21.1 Å². The van der Waals surface area contributed by atoms with E-state index in [2.05, 4.69) is 34.8 Å². The van der Waals surface area contributed by atoms with Gasteiger partial charge in [-0.3, -0.25) is 5.32 Å². The molecule has 1 atom stereocenters. The second kappa shape index (κ2) is 9.68. The van der Waals surface area contributed by atoms with Crippen LogP contribution in [0.5, 0.6) is 0 Å². The van der Waals surface area contributed by atoms with Crippen LogP contribution in [0.4, 0.5) is 16.3 Å². The SMILES string of the molecule is CC(C)CNc1c(C=N)cc(NC(=O)N[C@H](C)c2ccccc2)nc1CO. The smallest absolute Gasteiger partial charge is 0.320 e. The van der Waals surface area contributed by atoms with Crippen molar-refractivity contribution in [2.75, 3.05) is 17.2 Å². The summed E-state index contributed by atoms with van der Waals surface area (Å²) in [5.74, 6) is 0.684. The monoisotopic (exact) mass is 369 g/mol. The van der Waals surface area contributed by atoms with Gasteiger partial charge in [-0.15, -0.1) is 0 Å². The van der Waals surface area contributed by atoms with Crippen molar-refractivity contribution in [1.29, 1.82) is 5.41 Å². The Hall–Kier alpha value is -2.93. The van der Waals surface area contributed by atoms with Gasteiger partial charge in [-0.25, -0.2) is 9.78 Å². The number of rotatable bonds is 8. The molecule has 0 aliphatic rings. The Morgan fingerprint density at radius 3 is 2.56 bits per heavy atom. The molecule has 0 aliphatic carbocycles. The molecule has 1 heterocycles. The standard InChI is InChI=1S/C20H27N5O2/c1-13(2)11-22-19-16(10-21)9-18(24-17(19)12-26)25-20(27)23-14(3)15-7-5-4-6-8-15/h4-10,13-14,21-22,26H,11-12H2,1-3H3,(H2,23,24,25,27)/t14-/m1/s1. The molecule has 144 valence electrons. The van der Waals surface area contributed by atoms with Gasteiger partial charge in [-0.2, -0.15) is 0 Å². The number of benzene rings is 1. The van der Waals surface area contributed by atoms with Gasteiger partial charge in [0.15, 0.2) is 0 Å². The summed E-state index contributed by atoms with van der Waals surface area (Å²) < 4.78 is 0. The molecule has 0 saturated carbocycles. The zero-order chi connectivity index (χ0) is 19.8. The number of aliphatic hydroxyl groups excluding tert-OH is 1. The van der Waals surface area contributed by atoms with E-state index in [9.17, 15) is 9.90 Å². The maximum absolute atomic E-state index is 12.3. The highest BCUT2D eigenvalue weighted by Gasteiger charge is 2.14. The van der Waals surface area contributed by atoms with Crippen LogP contribution in [0.15, 0.2) is 36.4 Å². The van der Waals surface area contributed by atoms with Crippen molar-refractivity contribution in [1.82, 2.24) is 10.3 Å². The van der Waals surface area contributed by atoms with E-state index in [-0.39, 0.29) is 18.5 Å². The average Bonchev–Trinajstić information content (AvgIpc) is 2.66. The fraction of sp³-hybridized carbons (Fsp3) is 0.350. The number of carbonyl (C=O) groups excluding carboxylic acids is 1. The first-order valence-corrected chi connectivity index (χ1v) is 8.96. The molecule has 0 aliphatic heterocycles. The van der Waals surface area contributed by atoms with Crippen molar-refractivity contribution < 1.29 is 9.90 Å². The summed E-state index contributed by atoms with van der Waals surface area (Å²) in [6.07, 6.45) is 1.18. The first-order valence-electron chi connectivity index (χ1n) is 8.96. The summed E-state index contributed by atoms with van der Waals surface area (Å²) in [6.45, 7) is 6.42. The third kappa shape index (κ3) is 5.79. The molecular weight excluding hydrogens is 342 g/mol. The van der Waals surface area contributed by atoms with E-state index >= 15 is 0 Å². The van der Waals surface area contributed by atoms with Crippen LogP contribution in [0.3, 0.4) is 0 Å². The number of carbonyl (C=O) groups is 1. The molecule has 7 heteroatoms. The van der Waals surface area contributed by atoms with E-state index in [1.54, 1.807) is 6.07 Å². The predicted molar refractivity (Wildman–Crippen MR) is 108 cm³/mol. The molecule has 2 amide bonds. The lowest BCUT2D eigenvalue weighted by molar-refractivity contribution is 0.249. The topological polar surface area (TPSA) is 110 Å². The zero-order valence-electron chi connectivity index (χ0n) is 15.9. The molecule has 0 bridgehead atoms. The van der Waals surface area contributed by atoms with E-state index in [1.807, 2.05) is 37.3 Å². The van der Waals surface area contributed by atoms with Crippen molar-refractivity contribution in [2.24, 2.45) is 5.92 Å². The Morgan fingerprint density at radius 2 is 1.96 bits per heavy atom. The summed E-state index contributed by atoms with van der Waals surface area (Å²) >= 11 is 0. The fourth-order valence-electron chi connectivity index (χ4n) is 2.60. The fourth-order valence-corrected chi connectivity index (χ4v) is 2.60. The first-order chi connectivity index (χ1) is 12.9. The highest BCUT2D eigenvalue weighted by molar-refractivity contribution is 5.92. The molecule has 2 rings (SSSR count). The number of nitrogens with zero attached hydrogens (tertiary/aromatic N) is 1. The van der Waals surface area contributed by atoms with Gasteiger partial charge in [0.25, 0.3) is 0 Å². The molecule has 1 aromatic carbocycles. The normalized spacial score (nSPS) is 11.7. The molecule has 2 aromatic rings. The minimum absolute atomic E-state index is 0.169. The quantitative estimate of drug-likeness (QED) is 0.459. The summed E-state index contributed by atoms with van der Waals surface area (Å²) in [6, 6.07) is 10.7. The number of nitrogens with one attached hydrogen (secondary N) is 4. The molecule has 0 saturated heterocycles. The van der Waals surface area contributed by atoms with Crippen LogP contribution in [0.25, 0.3) is 0 Å². The maximum Gasteiger partial charge on any atom is 0.320 e. The van der Waals surface area contributed by atoms with Gasteiger partial charge >= 0.3 is 6.03 Å². The van der Waals surface area contributed by atoms with Crippen LogP contribution in [0.2, 0.25) is 0 Å². The van der Waals surface area contributed by atoms with Gasteiger partial charge in [-0.05, 0) is 24.5 Å². The highest BCUT2D eigenvalue weighted by atomic mass is 16.3. The van der Waals surface area contributed by atoms with Crippen molar-refractivity contribution in [3.05, 3.63) is 53.2 Å². The van der Waals surface area contributed by atoms with E-state index < -0.39 is 6.03 Å². The zero-order valence-corrected chi connectivity index (χ0v) is 15.9. The van der Waals surface area contributed by atoms with Crippen LogP contribution in [0, 0.1) is 11.3 Å². The second-order valence-corrected chi connectivity index (χ2v) is 6.73. The van der Waals surface area contributed by atoms with Crippen LogP contribution in [-0.4, -0.2) is 28.9 Å². The van der Waals surface area contributed by atoms with Gasteiger partial charge in [0.2, 0.25) is 0 Å².